The SMILES string of the molecule is CC[C@H]1CN(C2CCN(c3ccccn3)CC2)[C@@H](Cc2ccc(Cl)cc2)CN1. The molecule has 0 amide bonds. The van der Waals surface area contributed by atoms with Gasteiger partial charge in [0.2, 0.25) is 0 Å². The molecule has 1 aromatic heterocycles. The lowest BCUT2D eigenvalue weighted by Crippen LogP contribution is -2.61. The molecule has 1 N–H and O–H groups in total. The predicted molar refractivity (Wildman–Crippen MR) is 117 cm³/mol. The van der Waals surface area contributed by atoms with Gasteiger partial charge in [-0.2, -0.15) is 0 Å². The lowest BCUT2D eigenvalue weighted by atomic mass is 9.94. The Labute approximate surface area is 173 Å². The molecule has 0 aliphatic carbocycles. The maximum absolute atomic E-state index is 6.07. The van der Waals surface area contributed by atoms with E-state index >= 15 is 0 Å². The van der Waals surface area contributed by atoms with Crippen molar-refractivity contribution in [1.29, 1.82) is 0 Å². The highest BCUT2D eigenvalue weighted by Gasteiger charge is 2.34. The number of hydrogen-bond donors (Lipinski definition) is 1. The average molecular weight is 399 g/mol. The zero-order valence-corrected chi connectivity index (χ0v) is 17.5. The molecule has 2 aliphatic heterocycles. The van der Waals surface area contributed by atoms with Crippen molar-refractivity contribution >= 4 is 17.4 Å². The van der Waals surface area contributed by atoms with Crippen LogP contribution < -0.4 is 10.2 Å². The molecule has 3 heterocycles. The van der Waals surface area contributed by atoms with Crippen LogP contribution in [0.25, 0.3) is 0 Å². The van der Waals surface area contributed by atoms with E-state index in [0.717, 1.165) is 43.4 Å². The highest BCUT2D eigenvalue weighted by Crippen LogP contribution is 2.26. The molecular weight excluding hydrogens is 368 g/mol. The fourth-order valence-electron chi connectivity index (χ4n) is 4.66. The molecule has 2 fully saturated rings. The van der Waals surface area contributed by atoms with E-state index in [9.17, 15) is 0 Å². The number of nitrogens with one attached hydrogen (secondary N) is 1. The molecule has 4 rings (SSSR count). The molecule has 5 heteroatoms. The van der Waals surface area contributed by atoms with Crippen LogP contribution in [0.15, 0.2) is 48.7 Å². The van der Waals surface area contributed by atoms with Crippen molar-refractivity contribution in [1.82, 2.24) is 15.2 Å². The minimum atomic E-state index is 0.551. The molecule has 150 valence electrons. The van der Waals surface area contributed by atoms with Crippen molar-refractivity contribution in [3.8, 4) is 0 Å². The van der Waals surface area contributed by atoms with E-state index in [4.69, 9.17) is 11.6 Å². The summed E-state index contributed by atoms with van der Waals surface area (Å²) in [6.45, 7) is 6.70. The Kier molecular flexibility index (Phi) is 6.50. The molecule has 28 heavy (non-hydrogen) atoms. The summed E-state index contributed by atoms with van der Waals surface area (Å²) in [4.78, 5) is 9.77. The molecule has 0 bridgehead atoms. The molecule has 2 aromatic rings. The van der Waals surface area contributed by atoms with Gasteiger partial charge in [-0.3, -0.25) is 4.90 Å². The van der Waals surface area contributed by atoms with Gasteiger partial charge in [0.05, 0.1) is 0 Å². The number of piperazine rings is 1. The van der Waals surface area contributed by atoms with E-state index < -0.39 is 0 Å². The third-order valence-corrected chi connectivity index (χ3v) is 6.58. The Hall–Kier alpha value is -1.62. The summed E-state index contributed by atoms with van der Waals surface area (Å²) >= 11 is 6.07. The van der Waals surface area contributed by atoms with Crippen molar-refractivity contribution in [3.05, 3.63) is 59.2 Å². The van der Waals surface area contributed by atoms with Gasteiger partial charge in [0.25, 0.3) is 0 Å². The molecule has 2 aliphatic rings. The zero-order chi connectivity index (χ0) is 19.3. The van der Waals surface area contributed by atoms with Gasteiger partial charge in [-0.1, -0.05) is 36.7 Å². The smallest absolute Gasteiger partial charge is 0.128 e. The second-order valence-corrected chi connectivity index (χ2v) is 8.54. The van der Waals surface area contributed by atoms with Gasteiger partial charge in [0.1, 0.15) is 5.82 Å². The van der Waals surface area contributed by atoms with Crippen LogP contribution in [-0.4, -0.2) is 54.2 Å². The van der Waals surface area contributed by atoms with Crippen molar-refractivity contribution in [2.45, 2.75) is 50.7 Å². The first-order chi connectivity index (χ1) is 13.7. The van der Waals surface area contributed by atoms with E-state index in [2.05, 4.69) is 51.3 Å². The molecule has 1 aromatic carbocycles. The zero-order valence-electron chi connectivity index (χ0n) is 16.7. The molecule has 0 unspecified atom stereocenters. The van der Waals surface area contributed by atoms with Crippen LogP contribution >= 0.6 is 11.6 Å². The first-order valence-electron chi connectivity index (χ1n) is 10.6. The number of aromatic nitrogens is 1. The fourth-order valence-corrected chi connectivity index (χ4v) is 4.78. The van der Waals surface area contributed by atoms with Crippen molar-refractivity contribution in [2.24, 2.45) is 0 Å². The summed E-state index contributed by atoms with van der Waals surface area (Å²) < 4.78 is 0. The van der Waals surface area contributed by atoms with E-state index in [1.807, 2.05) is 24.4 Å². The van der Waals surface area contributed by atoms with Crippen LogP contribution in [0.3, 0.4) is 0 Å². The molecule has 2 saturated heterocycles. The number of anilines is 1. The van der Waals surface area contributed by atoms with Crippen LogP contribution in [0.1, 0.15) is 31.7 Å². The first kappa shape index (κ1) is 19.7. The maximum atomic E-state index is 6.07. The van der Waals surface area contributed by atoms with Crippen LogP contribution in [0.5, 0.6) is 0 Å². The molecule has 4 nitrogen and oxygen atoms in total. The Morgan fingerprint density at radius 3 is 2.57 bits per heavy atom. The minimum absolute atomic E-state index is 0.551. The standard InChI is InChI=1S/C23H31ClN4/c1-2-20-17-28(22(16-26-20)15-18-6-8-19(24)9-7-18)21-10-13-27(14-11-21)23-5-3-4-12-25-23/h3-9,12,20-22,26H,2,10-11,13-17H2,1H3/t20-,22-/m0/s1. The first-order valence-corrected chi connectivity index (χ1v) is 11.0. The van der Waals surface area contributed by atoms with E-state index in [1.54, 1.807) is 0 Å². The molecule has 0 spiro atoms. The second kappa shape index (κ2) is 9.25. The minimum Gasteiger partial charge on any atom is -0.357 e. The third kappa shape index (κ3) is 4.68. The molecule has 0 radical (unpaired) electrons. The lowest BCUT2D eigenvalue weighted by Gasteiger charge is -2.47. The predicted octanol–water partition coefficient (Wildman–Crippen LogP) is 4.00. The van der Waals surface area contributed by atoms with E-state index in [1.165, 1.54) is 24.8 Å². The largest absolute Gasteiger partial charge is 0.357 e. The van der Waals surface area contributed by atoms with Gasteiger partial charge in [0.15, 0.2) is 0 Å². The topological polar surface area (TPSA) is 31.4 Å². The highest BCUT2D eigenvalue weighted by molar-refractivity contribution is 6.30. The Bertz CT molecular complexity index is 728. The Balaban J connectivity index is 1.42. The maximum Gasteiger partial charge on any atom is 0.128 e. The molecule has 2 atom stereocenters. The van der Waals surface area contributed by atoms with E-state index in [0.29, 0.717) is 18.1 Å². The third-order valence-electron chi connectivity index (χ3n) is 6.33. The normalized spacial score (nSPS) is 24.4. The van der Waals surface area contributed by atoms with Crippen LogP contribution in [0.4, 0.5) is 5.82 Å². The van der Waals surface area contributed by atoms with Gasteiger partial charge in [-0.15, -0.1) is 0 Å². The van der Waals surface area contributed by atoms with Gasteiger partial charge in [-0.25, -0.2) is 4.98 Å². The van der Waals surface area contributed by atoms with Crippen LogP contribution in [0.2, 0.25) is 5.02 Å². The van der Waals surface area contributed by atoms with Gasteiger partial charge in [-0.05, 0) is 55.5 Å². The summed E-state index contributed by atoms with van der Waals surface area (Å²) in [5.41, 5.74) is 1.38. The lowest BCUT2D eigenvalue weighted by molar-refractivity contribution is 0.0671. The van der Waals surface area contributed by atoms with Crippen molar-refractivity contribution in [3.63, 3.8) is 0 Å². The second-order valence-electron chi connectivity index (χ2n) is 8.10. The Morgan fingerprint density at radius 2 is 1.89 bits per heavy atom. The number of pyridine rings is 1. The molecule has 0 saturated carbocycles. The number of hydrogen-bond acceptors (Lipinski definition) is 4. The quantitative estimate of drug-likeness (QED) is 0.824. The summed E-state index contributed by atoms with van der Waals surface area (Å²) in [6.07, 6.45) is 6.60. The number of nitrogens with zero attached hydrogens (tertiary/aromatic N) is 3. The highest BCUT2D eigenvalue weighted by atomic mass is 35.5. The number of halogens is 1. The number of piperidine rings is 1. The molecular formula is C23H31ClN4. The van der Waals surface area contributed by atoms with Gasteiger partial charge >= 0.3 is 0 Å². The summed E-state index contributed by atoms with van der Waals surface area (Å²) in [5.74, 6) is 1.12. The average Bonchev–Trinajstić information content (AvgIpc) is 2.76. The van der Waals surface area contributed by atoms with Crippen molar-refractivity contribution < 1.29 is 0 Å². The number of benzene rings is 1. The van der Waals surface area contributed by atoms with Gasteiger partial charge in [0, 0.05) is 55.5 Å². The summed E-state index contributed by atoms with van der Waals surface area (Å²) in [7, 11) is 0. The fraction of sp³-hybridized carbons (Fsp3) is 0.522. The van der Waals surface area contributed by atoms with Crippen LogP contribution in [0, 0.1) is 0 Å². The van der Waals surface area contributed by atoms with E-state index in [-0.39, 0.29) is 0 Å². The Morgan fingerprint density at radius 1 is 1.11 bits per heavy atom. The summed E-state index contributed by atoms with van der Waals surface area (Å²) in [6, 6.07) is 16.4. The van der Waals surface area contributed by atoms with Crippen molar-refractivity contribution in [2.75, 3.05) is 31.1 Å². The van der Waals surface area contributed by atoms with Crippen LogP contribution in [-0.2, 0) is 6.42 Å². The monoisotopic (exact) mass is 398 g/mol. The number of rotatable bonds is 5. The van der Waals surface area contributed by atoms with Gasteiger partial charge < -0.3 is 10.2 Å². The summed E-state index contributed by atoms with van der Waals surface area (Å²) in [5, 5.41) is 4.58.